The van der Waals surface area contributed by atoms with E-state index in [1.165, 1.54) is 21.1 Å². The van der Waals surface area contributed by atoms with Crippen molar-refractivity contribution in [2.45, 2.75) is 38.0 Å². The molecule has 1 aromatic carbocycles. The van der Waals surface area contributed by atoms with Gasteiger partial charge in [0.05, 0.1) is 14.2 Å². The second kappa shape index (κ2) is 5.88. The van der Waals surface area contributed by atoms with Gasteiger partial charge in [0.2, 0.25) is 0 Å². The molecule has 20 heavy (non-hydrogen) atoms. The first-order valence-electron chi connectivity index (χ1n) is 6.13. The molecule has 0 bridgehead atoms. The third kappa shape index (κ3) is 2.69. The summed E-state index contributed by atoms with van der Waals surface area (Å²) in [5, 5.41) is 10.2. The number of phenols is 1. The van der Waals surface area contributed by atoms with Gasteiger partial charge in [-0.15, -0.1) is 0 Å². The fraction of sp³-hybridized carbons (Fsp3) is 0.538. The molecule has 0 aliphatic carbocycles. The highest BCUT2D eigenvalue weighted by molar-refractivity contribution is 7.86. The lowest BCUT2D eigenvalue weighted by Crippen LogP contribution is -2.09. The second-order valence-corrected chi connectivity index (χ2v) is 5.86. The fourth-order valence-corrected chi connectivity index (χ4v) is 3.03. The van der Waals surface area contributed by atoms with Crippen LogP contribution in [0.3, 0.4) is 0 Å². The molecule has 1 unspecified atom stereocenters. The average molecular weight is 303 g/mol. The Labute approximate surface area is 119 Å². The zero-order valence-electron chi connectivity index (χ0n) is 12.2. The number of methoxy groups -OCH3 is 2. The third-order valence-electron chi connectivity index (χ3n) is 3.37. The molecule has 1 atom stereocenters. The quantitative estimate of drug-likeness (QED) is 0.837. The van der Waals surface area contributed by atoms with Crippen LogP contribution in [-0.2, 0) is 10.1 Å². The van der Waals surface area contributed by atoms with Gasteiger partial charge < -0.3 is 19.1 Å². The first-order valence-corrected chi connectivity index (χ1v) is 7.54. The van der Waals surface area contributed by atoms with Crippen molar-refractivity contribution in [3.8, 4) is 17.2 Å². The van der Waals surface area contributed by atoms with Crippen LogP contribution in [-0.4, -0.2) is 32.3 Å². The van der Waals surface area contributed by atoms with E-state index in [2.05, 4.69) is 0 Å². The van der Waals surface area contributed by atoms with Crippen LogP contribution in [0.4, 0.5) is 0 Å². The number of aromatic hydroxyl groups is 1. The molecule has 0 fully saturated rings. The Morgan fingerprint density at radius 2 is 1.75 bits per heavy atom. The summed E-state index contributed by atoms with van der Waals surface area (Å²) >= 11 is 0. The summed E-state index contributed by atoms with van der Waals surface area (Å²) in [5.41, 5.74) is 0.316. The van der Waals surface area contributed by atoms with E-state index < -0.39 is 20.8 Å². The zero-order chi connectivity index (χ0) is 15.7. The maximum Gasteiger partial charge on any atom is 0.168 e. The van der Waals surface area contributed by atoms with Crippen molar-refractivity contribution in [3.05, 3.63) is 11.1 Å². The van der Waals surface area contributed by atoms with Gasteiger partial charge in [-0.05, 0) is 19.3 Å². The molecule has 114 valence electrons. The van der Waals surface area contributed by atoms with Gasteiger partial charge in [-0.3, -0.25) is 0 Å². The Hall–Kier alpha value is -1.47. The van der Waals surface area contributed by atoms with Gasteiger partial charge >= 0.3 is 0 Å². The molecule has 7 heteroatoms. The third-order valence-corrected chi connectivity index (χ3v) is 4.37. The SMILES string of the molecule is CCC(C)c1c(O)c(S(=O)(=O)[O-])c(C)c(OC)c1OC. The van der Waals surface area contributed by atoms with Crippen LogP contribution < -0.4 is 9.47 Å². The molecule has 0 aromatic heterocycles. The van der Waals surface area contributed by atoms with Crippen LogP contribution in [0.25, 0.3) is 0 Å². The van der Waals surface area contributed by atoms with E-state index in [1.54, 1.807) is 6.92 Å². The largest absolute Gasteiger partial charge is 0.744 e. The number of rotatable bonds is 5. The van der Waals surface area contributed by atoms with Crippen molar-refractivity contribution in [1.82, 2.24) is 0 Å². The van der Waals surface area contributed by atoms with Crippen molar-refractivity contribution < 1.29 is 27.6 Å². The molecular weight excluding hydrogens is 284 g/mol. The van der Waals surface area contributed by atoms with Crippen molar-refractivity contribution >= 4 is 10.1 Å². The summed E-state index contributed by atoms with van der Waals surface area (Å²) in [6, 6.07) is 0. The van der Waals surface area contributed by atoms with Crippen molar-refractivity contribution in [2.75, 3.05) is 14.2 Å². The van der Waals surface area contributed by atoms with Crippen LogP contribution in [0.5, 0.6) is 17.2 Å². The Bertz CT molecular complexity index is 606. The van der Waals surface area contributed by atoms with E-state index in [1.807, 2.05) is 6.92 Å². The normalized spacial score (nSPS) is 13.1. The van der Waals surface area contributed by atoms with Gasteiger partial charge in [0.15, 0.2) is 11.5 Å². The summed E-state index contributed by atoms with van der Waals surface area (Å²) in [7, 11) is -2.07. The lowest BCUT2D eigenvalue weighted by molar-refractivity contribution is 0.337. The standard InChI is InChI=1S/C13H20O6S/c1-6-7(2)9-10(14)13(20(15,16)17)8(3)11(18-4)12(9)19-5/h7,14H,6H2,1-5H3,(H,15,16,17)/p-1. The highest BCUT2D eigenvalue weighted by atomic mass is 32.2. The summed E-state index contributed by atoms with van der Waals surface area (Å²) < 4.78 is 44.6. The lowest BCUT2D eigenvalue weighted by atomic mass is 9.94. The highest BCUT2D eigenvalue weighted by Gasteiger charge is 2.28. The summed E-state index contributed by atoms with van der Waals surface area (Å²) in [6.45, 7) is 5.07. The first-order chi connectivity index (χ1) is 9.20. The first kappa shape index (κ1) is 16.6. The van der Waals surface area contributed by atoms with E-state index in [4.69, 9.17) is 9.47 Å². The van der Waals surface area contributed by atoms with Crippen LogP contribution >= 0.6 is 0 Å². The van der Waals surface area contributed by atoms with Crippen LogP contribution in [0, 0.1) is 6.92 Å². The summed E-state index contributed by atoms with van der Waals surface area (Å²) in [5.74, 6) is -0.344. The van der Waals surface area contributed by atoms with Gasteiger partial charge in [0.25, 0.3) is 0 Å². The zero-order valence-corrected chi connectivity index (χ0v) is 13.0. The fourth-order valence-electron chi connectivity index (χ4n) is 2.22. The summed E-state index contributed by atoms with van der Waals surface area (Å²) in [4.78, 5) is -0.648. The Morgan fingerprint density at radius 3 is 2.10 bits per heavy atom. The smallest absolute Gasteiger partial charge is 0.168 e. The maximum absolute atomic E-state index is 11.4. The predicted octanol–water partition coefficient (Wildman–Crippen LogP) is 2.14. The van der Waals surface area contributed by atoms with Crippen molar-refractivity contribution in [1.29, 1.82) is 0 Å². The maximum atomic E-state index is 11.4. The Kier molecular flexibility index (Phi) is 4.88. The molecule has 0 saturated carbocycles. The monoisotopic (exact) mass is 303 g/mol. The van der Waals surface area contributed by atoms with Gasteiger partial charge in [-0.1, -0.05) is 13.8 Å². The molecule has 0 saturated heterocycles. The minimum Gasteiger partial charge on any atom is -0.744 e. The lowest BCUT2D eigenvalue weighted by Gasteiger charge is -2.24. The summed E-state index contributed by atoms with van der Waals surface area (Å²) in [6.07, 6.45) is 0.633. The molecule has 0 heterocycles. The highest BCUT2D eigenvalue weighted by Crippen LogP contribution is 2.48. The van der Waals surface area contributed by atoms with E-state index in [-0.39, 0.29) is 28.5 Å². The average Bonchev–Trinajstić information content (AvgIpc) is 2.35. The number of benzene rings is 1. The second-order valence-electron chi connectivity index (χ2n) is 4.55. The van der Waals surface area contributed by atoms with Crippen LogP contribution in [0.2, 0.25) is 0 Å². The molecule has 0 aliphatic heterocycles. The molecule has 0 aliphatic rings. The number of phenolic OH excluding ortho intramolecular Hbond substituents is 1. The molecule has 1 aromatic rings. The van der Waals surface area contributed by atoms with Crippen LogP contribution in [0.15, 0.2) is 4.90 Å². The molecule has 0 spiro atoms. The molecule has 1 N–H and O–H groups in total. The Balaban J connectivity index is 3.93. The van der Waals surface area contributed by atoms with E-state index >= 15 is 0 Å². The molecule has 1 rings (SSSR count). The van der Waals surface area contributed by atoms with Gasteiger partial charge in [0, 0.05) is 11.1 Å². The molecule has 0 radical (unpaired) electrons. The number of hydrogen-bond donors (Lipinski definition) is 1. The van der Waals surface area contributed by atoms with E-state index in [0.29, 0.717) is 6.42 Å². The van der Waals surface area contributed by atoms with Crippen molar-refractivity contribution in [3.63, 3.8) is 0 Å². The van der Waals surface area contributed by atoms with E-state index in [9.17, 15) is 18.1 Å². The molecular formula is C13H19O6S-. The molecule has 0 amide bonds. The number of ether oxygens (including phenoxy) is 2. The Morgan fingerprint density at radius 1 is 1.25 bits per heavy atom. The molecule has 6 nitrogen and oxygen atoms in total. The van der Waals surface area contributed by atoms with Gasteiger partial charge in [0.1, 0.15) is 20.8 Å². The predicted molar refractivity (Wildman–Crippen MR) is 72.6 cm³/mol. The van der Waals surface area contributed by atoms with Gasteiger partial charge in [-0.2, -0.15) is 0 Å². The topological polar surface area (TPSA) is 95.9 Å². The van der Waals surface area contributed by atoms with Crippen LogP contribution in [0.1, 0.15) is 37.3 Å². The number of hydrogen-bond acceptors (Lipinski definition) is 6. The minimum atomic E-state index is -4.82. The minimum absolute atomic E-state index is 0.0453. The van der Waals surface area contributed by atoms with Crippen molar-refractivity contribution in [2.24, 2.45) is 0 Å². The van der Waals surface area contributed by atoms with Gasteiger partial charge in [-0.25, -0.2) is 8.42 Å². The van der Waals surface area contributed by atoms with E-state index in [0.717, 1.165) is 0 Å².